The van der Waals surface area contributed by atoms with Gasteiger partial charge in [0, 0.05) is 24.1 Å². The fourth-order valence-electron chi connectivity index (χ4n) is 3.97. The fourth-order valence-corrected chi connectivity index (χ4v) is 3.97. The maximum atomic E-state index is 13.3. The third-order valence-electron chi connectivity index (χ3n) is 5.41. The zero-order chi connectivity index (χ0) is 21.4. The summed E-state index contributed by atoms with van der Waals surface area (Å²) in [6.45, 7) is 0.473. The molecule has 0 aliphatic rings. The van der Waals surface area contributed by atoms with Crippen molar-refractivity contribution in [3.63, 3.8) is 0 Å². The summed E-state index contributed by atoms with van der Waals surface area (Å²) in [5.74, 6) is 0. The number of H-pyrrole nitrogens is 1. The minimum Gasteiger partial charge on any atom is -0.380 e. The van der Waals surface area contributed by atoms with Crippen molar-refractivity contribution < 1.29 is 4.74 Å². The van der Waals surface area contributed by atoms with Crippen molar-refractivity contribution in [2.45, 2.75) is 6.61 Å². The molecule has 0 bridgehead atoms. The predicted octanol–water partition coefficient (Wildman–Crippen LogP) is 4.04. The SMILES string of the molecule is COCc1ccccc1-c1ccc2c(=O)n(-c3cncc4ccccc34)c(=O)[nH]c2c1. The second-order valence-corrected chi connectivity index (χ2v) is 7.30. The van der Waals surface area contributed by atoms with Gasteiger partial charge in [-0.05, 0) is 28.8 Å². The third kappa shape index (κ3) is 3.23. The van der Waals surface area contributed by atoms with Crippen LogP contribution in [0.2, 0.25) is 0 Å². The summed E-state index contributed by atoms with van der Waals surface area (Å²) >= 11 is 0. The second kappa shape index (κ2) is 7.66. The average Bonchev–Trinajstić information content (AvgIpc) is 2.79. The van der Waals surface area contributed by atoms with Crippen LogP contribution < -0.4 is 11.2 Å². The highest BCUT2D eigenvalue weighted by Gasteiger charge is 2.14. The Morgan fingerprint density at radius 3 is 2.61 bits per heavy atom. The van der Waals surface area contributed by atoms with Crippen LogP contribution >= 0.6 is 0 Å². The molecule has 0 fully saturated rings. The van der Waals surface area contributed by atoms with Gasteiger partial charge in [0.05, 0.1) is 29.4 Å². The number of pyridine rings is 1. The number of methoxy groups -OCH3 is 1. The van der Waals surface area contributed by atoms with Crippen molar-refractivity contribution in [3.8, 4) is 16.8 Å². The lowest BCUT2D eigenvalue weighted by atomic mass is 9.99. The minimum atomic E-state index is -0.502. The van der Waals surface area contributed by atoms with Gasteiger partial charge in [0.15, 0.2) is 0 Å². The predicted molar refractivity (Wildman–Crippen MR) is 122 cm³/mol. The summed E-state index contributed by atoms with van der Waals surface area (Å²) in [7, 11) is 1.65. The van der Waals surface area contributed by atoms with Gasteiger partial charge in [-0.3, -0.25) is 9.78 Å². The Morgan fingerprint density at radius 2 is 1.74 bits per heavy atom. The summed E-state index contributed by atoms with van der Waals surface area (Å²) in [6, 6.07) is 20.9. The molecule has 5 aromatic rings. The lowest BCUT2D eigenvalue weighted by molar-refractivity contribution is 0.185. The van der Waals surface area contributed by atoms with E-state index in [1.165, 1.54) is 0 Å². The van der Waals surface area contributed by atoms with E-state index < -0.39 is 5.69 Å². The largest absolute Gasteiger partial charge is 0.380 e. The molecule has 2 heterocycles. The first kappa shape index (κ1) is 19.0. The molecular formula is C25H19N3O3. The molecule has 0 saturated carbocycles. The standard InChI is InChI=1S/C25H19N3O3/c1-31-15-18-7-3-4-8-19(18)16-10-11-21-22(12-16)27-25(30)28(24(21)29)23-14-26-13-17-6-2-5-9-20(17)23/h2-14H,15H2,1H3,(H,27,30). The van der Waals surface area contributed by atoms with Gasteiger partial charge in [0.1, 0.15) is 0 Å². The smallest absolute Gasteiger partial charge is 0.333 e. The maximum Gasteiger partial charge on any atom is 0.333 e. The topological polar surface area (TPSA) is 77.0 Å². The van der Waals surface area contributed by atoms with Crippen molar-refractivity contribution >= 4 is 21.7 Å². The molecule has 0 aliphatic carbocycles. The van der Waals surface area contributed by atoms with E-state index in [1.807, 2.05) is 60.7 Å². The summed E-state index contributed by atoms with van der Waals surface area (Å²) in [6.07, 6.45) is 3.25. The van der Waals surface area contributed by atoms with E-state index in [0.29, 0.717) is 23.2 Å². The summed E-state index contributed by atoms with van der Waals surface area (Å²) in [5, 5.41) is 2.08. The van der Waals surface area contributed by atoms with E-state index >= 15 is 0 Å². The van der Waals surface area contributed by atoms with Gasteiger partial charge < -0.3 is 9.72 Å². The molecule has 1 N–H and O–H groups in total. The van der Waals surface area contributed by atoms with Crippen LogP contribution in [0.3, 0.4) is 0 Å². The minimum absolute atomic E-state index is 0.381. The van der Waals surface area contributed by atoms with E-state index in [1.54, 1.807) is 25.6 Å². The Balaban J connectivity index is 1.73. The van der Waals surface area contributed by atoms with E-state index in [9.17, 15) is 9.59 Å². The van der Waals surface area contributed by atoms with Gasteiger partial charge in [-0.2, -0.15) is 0 Å². The normalized spacial score (nSPS) is 11.3. The molecule has 6 heteroatoms. The van der Waals surface area contributed by atoms with Gasteiger partial charge in [-0.25, -0.2) is 9.36 Å². The first-order chi connectivity index (χ1) is 15.2. The summed E-state index contributed by atoms with van der Waals surface area (Å²) in [4.78, 5) is 33.4. The van der Waals surface area contributed by atoms with E-state index in [4.69, 9.17) is 4.74 Å². The Labute approximate surface area is 177 Å². The van der Waals surface area contributed by atoms with E-state index in [2.05, 4.69) is 9.97 Å². The van der Waals surface area contributed by atoms with Crippen molar-refractivity contribution in [1.82, 2.24) is 14.5 Å². The van der Waals surface area contributed by atoms with Crippen molar-refractivity contribution in [2.75, 3.05) is 7.11 Å². The molecular weight excluding hydrogens is 390 g/mol. The summed E-state index contributed by atoms with van der Waals surface area (Å²) in [5.41, 5.74) is 2.99. The van der Waals surface area contributed by atoms with Gasteiger partial charge in [0.25, 0.3) is 5.56 Å². The molecule has 152 valence electrons. The molecule has 0 atom stereocenters. The lowest BCUT2D eigenvalue weighted by Gasteiger charge is -2.12. The second-order valence-electron chi connectivity index (χ2n) is 7.30. The van der Waals surface area contributed by atoms with Crippen molar-refractivity contribution in [2.24, 2.45) is 0 Å². The highest BCUT2D eigenvalue weighted by atomic mass is 16.5. The number of aromatic amines is 1. The third-order valence-corrected chi connectivity index (χ3v) is 5.41. The molecule has 2 aromatic heterocycles. The van der Waals surface area contributed by atoms with Crippen LogP contribution in [-0.2, 0) is 11.3 Å². The number of fused-ring (bicyclic) bond motifs is 2. The number of benzene rings is 3. The molecule has 31 heavy (non-hydrogen) atoms. The first-order valence-electron chi connectivity index (χ1n) is 9.87. The highest BCUT2D eigenvalue weighted by molar-refractivity contribution is 5.90. The van der Waals surface area contributed by atoms with Gasteiger partial charge in [-0.15, -0.1) is 0 Å². The van der Waals surface area contributed by atoms with Gasteiger partial charge in [-0.1, -0.05) is 54.6 Å². The van der Waals surface area contributed by atoms with E-state index in [-0.39, 0.29) is 5.56 Å². The molecule has 6 nitrogen and oxygen atoms in total. The zero-order valence-electron chi connectivity index (χ0n) is 16.8. The molecule has 0 saturated heterocycles. The number of nitrogens with zero attached hydrogens (tertiary/aromatic N) is 2. The van der Waals surface area contributed by atoms with Crippen LogP contribution in [0.4, 0.5) is 0 Å². The van der Waals surface area contributed by atoms with Crippen molar-refractivity contribution in [3.05, 3.63) is 106 Å². The molecule has 0 aliphatic heterocycles. The number of rotatable bonds is 4. The molecule has 0 unspecified atom stereocenters. The van der Waals surface area contributed by atoms with Gasteiger partial charge in [0.2, 0.25) is 0 Å². The fraction of sp³-hybridized carbons (Fsp3) is 0.0800. The molecule has 3 aromatic carbocycles. The molecule has 0 spiro atoms. The van der Waals surface area contributed by atoms with Crippen LogP contribution in [-0.4, -0.2) is 21.6 Å². The van der Waals surface area contributed by atoms with Crippen molar-refractivity contribution in [1.29, 1.82) is 0 Å². The zero-order valence-corrected chi connectivity index (χ0v) is 16.8. The highest BCUT2D eigenvalue weighted by Crippen LogP contribution is 2.26. The van der Waals surface area contributed by atoms with Gasteiger partial charge >= 0.3 is 5.69 Å². The van der Waals surface area contributed by atoms with E-state index in [0.717, 1.165) is 32.0 Å². The number of hydrogen-bond donors (Lipinski definition) is 1. The molecule has 5 rings (SSSR count). The molecule has 0 amide bonds. The average molecular weight is 409 g/mol. The van der Waals surface area contributed by atoms with Crippen LogP contribution in [0.15, 0.2) is 88.7 Å². The number of hydrogen-bond acceptors (Lipinski definition) is 4. The molecule has 0 radical (unpaired) electrons. The maximum absolute atomic E-state index is 13.3. The Hall–Kier alpha value is -4.03. The van der Waals surface area contributed by atoms with Crippen LogP contribution in [0.1, 0.15) is 5.56 Å². The Morgan fingerprint density at radius 1 is 0.935 bits per heavy atom. The summed E-state index contributed by atoms with van der Waals surface area (Å²) < 4.78 is 6.45. The number of ether oxygens (including phenoxy) is 1. The van der Waals surface area contributed by atoms with Crippen LogP contribution in [0.25, 0.3) is 38.5 Å². The Bertz CT molecular complexity index is 1540. The van der Waals surface area contributed by atoms with Crippen LogP contribution in [0.5, 0.6) is 0 Å². The first-order valence-corrected chi connectivity index (χ1v) is 9.87. The monoisotopic (exact) mass is 409 g/mol. The number of nitrogens with one attached hydrogen (secondary N) is 1. The van der Waals surface area contributed by atoms with Crippen LogP contribution in [0, 0.1) is 0 Å². The Kier molecular flexibility index (Phi) is 4.69. The quantitative estimate of drug-likeness (QED) is 0.486. The number of aromatic nitrogens is 3. The lowest BCUT2D eigenvalue weighted by Crippen LogP contribution is -2.33.